The molecule has 5 heteroatoms. The highest BCUT2D eigenvalue weighted by molar-refractivity contribution is 6.35. The van der Waals surface area contributed by atoms with E-state index in [1.54, 1.807) is 0 Å². The Morgan fingerprint density at radius 3 is 2.75 bits per heavy atom. The lowest BCUT2D eigenvalue weighted by atomic mass is 10.0. The molecule has 0 aromatic carbocycles. The standard InChI is InChI=1S/C11H14Cl2N2O/c1-7-2-10(12)9(11(13)14-7)5-15-3-8(4-15)6-16/h2,8,16H,3-6H2,1H3. The average Bonchev–Trinajstić information content (AvgIpc) is 2.13. The number of hydrogen-bond acceptors (Lipinski definition) is 3. The molecular formula is C11H14Cl2N2O. The van der Waals surface area contributed by atoms with Crippen LogP contribution >= 0.6 is 23.2 Å². The van der Waals surface area contributed by atoms with Crippen molar-refractivity contribution >= 4 is 23.2 Å². The van der Waals surface area contributed by atoms with Gasteiger partial charge >= 0.3 is 0 Å². The molecule has 1 N–H and O–H groups in total. The summed E-state index contributed by atoms with van der Waals surface area (Å²) in [6.45, 7) is 4.63. The van der Waals surface area contributed by atoms with E-state index < -0.39 is 0 Å². The molecule has 0 radical (unpaired) electrons. The first kappa shape index (κ1) is 12.1. The topological polar surface area (TPSA) is 36.4 Å². The molecule has 0 bridgehead atoms. The van der Waals surface area contributed by atoms with Gasteiger partial charge < -0.3 is 5.11 Å². The zero-order valence-electron chi connectivity index (χ0n) is 9.08. The van der Waals surface area contributed by atoms with Crippen LogP contribution in [-0.2, 0) is 6.54 Å². The maximum absolute atomic E-state index is 8.92. The summed E-state index contributed by atoms with van der Waals surface area (Å²) in [7, 11) is 0. The fourth-order valence-electron chi connectivity index (χ4n) is 1.91. The summed E-state index contributed by atoms with van der Waals surface area (Å²) in [5, 5.41) is 10.1. The van der Waals surface area contributed by atoms with Gasteiger partial charge in [0.25, 0.3) is 0 Å². The molecule has 0 aliphatic carbocycles. The van der Waals surface area contributed by atoms with Gasteiger partial charge in [0.1, 0.15) is 5.15 Å². The van der Waals surface area contributed by atoms with E-state index in [-0.39, 0.29) is 6.61 Å². The highest BCUT2D eigenvalue weighted by Gasteiger charge is 2.27. The van der Waals surface area contributed by atoms with Crippen LogP contribution in [0.4, 0.5) is 0 Å². The summed E-state index contributed by atoms with van der Waals surface area (Å²) < 4.78 is 0. The van der Waals surface area contributed by atoms with Gasteiger partial charge in [-0.2, -0.15) is 0 Å². The minimum absolute atomic E-state index is 0.254. The molecule has 1 saturated heterocycles. The molecule has 16 heavy (non-hydrogen) atoms. The largest absolute Gasteiger partial charge is 0.396 e. The number of hydrogen-bond donors (Lipinski definition) is 1. The Morgan fingerprint density at radius 2 is 2.19 bits per heavy atom. The summed E-state index contributed by atoms with van der Waals surface area (Å²) >= 11 is 12.2. The Bertz CT molecular complexity index is 369. The van der Waals surface area contributed by atoms with E-state index >= 15 is 0 Å². The molecule has 0 atom stereocenters. The lowest BCUT2D eigenvalue weighted by Gasteiger charge is -2.38. The van der Waals surface area contributed by atoms with Crippen LogP contribution in [0.25, 0.3) is 0 Å². The van der Waals surface area contributed by atoms with Crippen LogP contribution in [0, 0.1) is 12.8 Å². The molecule has 1 fully saturated rings. The van der Waals surface area contributed by atoms with Crippen LogP contribution < -0.4 is 0 Å². The van der Waals surface area contributed by atoms with Crippen LogP contribution in [0.15, 0.2) is 6.07 Å². The Kier molecular flexibility index (Phi) is 3.70. The first-order chi connectivity index (χ1) is 7.60. The smallest absolute Gasteiger partial charge is 0.135 e. The van der Waals surface area contributed by atoms with Gasteiger partial charge in [0.05, 0.1) is 0 Å². The monoisotopic (exact) mass is 260 g/mol. The van der Waals surface area contributed by atoms with Gasteiger partial charge in [-0.25, -0.2) is 4.98 Å². The summed E-state index contributed by atoms with van der Waals surface area (Å²) in [5.74, 6) is 0.399. The molecule has 1 aliphatic rings. The molecule has 0 unspecified atom stereocenters. The van der Waals surface area contributed by atoms with Crippen LogP contribution in [0.2, 0.25) is 10.2 Å². The molecule has 1 aromatic heterocycles. The van der Waals surface area contributed by atoms with Crippen LogP contribution in [-0.4, -0.2) is 34.7 Å². The molecule has 1 aromatic rings. The molecule has 2 rings (SSSR count). The Hall–Kier alpha value is -0.350. The Labute approximate surface area is 105 Å². The quantitative estimate of drug-likeness (QED) is 0.847. The van der Waals surface area contributed by atoms with Crippen molar-refractivity contribution in [1.29, 1.82) is 0 Å². The van der Waals surface area contributed by atoms with Crippen LogP contribution in [0.1, 0.15) is 11.3 Å². The van der Waals surface area contributed by atoms with E-state index in [1.165, 1.54) is 0 Å². The second-order valence-electron chi connectivity index (χ2n) is 4.26. The summed E-state index contributed by atoms with van der Waals surface area (Å²) in [6.07, 6.45) is 0. The number of halogens is 2. The lowest BCUT2D eigenvalue weighted by Crippen LogP contribution is -2.47. The molecule has 0 saturated carbocycles. The number of pyridine rings is 1. The second-order valence-corrected chi connectivity index (χ2v) is 5.02. The third-order valence-electron chi connectivity index (χ3n) is 2.82. The fourth-order valence-corrected chi connectivity index (χ4v) is 2.56. The van der Waals surface area contributed by atoms with Crippen molar-refractivity contribution in [1.82, 2.24) is 9.88 Å². The minimum atomic E-state index is 0.254. The molecule has 2 heterocycles. The number of rotatable bonds is 3. The minimum Gasteiger partial charge on any atom is -0.396 e. The zero-order chi connectivity index (χ0) is 11.7. The van der Waals surface area contributed by atoms with E-state index in [4.69, 9.17) is 28.3 Å². The van der Waals surface area contributed by atoms with Gasteiger partial charge in [-0.1, -0.05) is 23.2 Å². The summed E-state index contributed by atoms with van der Waals surface area (Å²) in [4.78, 5) is 6.39. The van der Waals surface area contributed by atoms with Crippen molar-refractivity contribution in [3.05, 3.63) is 27.5 Å². The maximum Gasteiger partial charge on any atom is 0.135 e. The van der Waals surface area contributed by atoms with Crippen LogP contribution in [0.3, 0.4) is 0 Å². The first-order valence-electron chi connectivity index (χ1n) is 5.25. The van der Waals surface area contributed by atoms with Gasteiger partial charge in [0, 0.05) is 48.4 Å². The number of aliphatic hydroxyl groups excluding tert-OH is 1. The van der Waals surface area contributed by atoms with Crippen molar-refractivity contribution in [3.63, 3.8) is 0 Å². The number of nitrogens with zero attached hydrogens (tertiary/aromatic N) is 2. The average molecular weight is 261 g/mol. The molecule has 0 amide bonds. The molecular weight excluding hydrogens is 247 g/mol. The first-order valence-corrected chi connectivity index (χ1v) is 6.00. The Balaban J connectivity index is 2.05. The highest BCUT2D eigenvalue weighted by atomic mass is 35.5. The van der Waals surface area contributed by atoms with Crippen molar-refractivity contribution in [2.45, 2.75) is 13.5 Å². The second kappa shape index (κ2) is 4.88. The van der Waals surface area contributed by atoms with Crippen molar-refractivity contribution in [3.8, 4) is 0 Å². The molecule has 1 aliphatic heterocycles. The van der Waals surface area contributed by atoms with Crippen molar-refractivity contribution < 1.29 is 5.11 Å². The normalized spacial score (nSPS) is 17.5. The van der Waals surface area contributed by atoms with Gasteiger partial charge in [-0.05, 0) is 13.0 Å². The SMILES string of the molecule is Cc1cc(Cl)c(CN2CC(CO)C2)c(Cl)n1. The predicted octanol–water partition coefficient (Wildman–Crippen LogP) is 2.12. The third kappa shape index (κ3) is 2.48. The molecule has 88 valence electrons. The van der Waals surface area contributed by atoms with Crippen molar-refractivity contribution in [2.24, 2.45) is 5.92 Å². The van der Waals surface area contributed by atoms with E-state index in [2.05, 4.69) is 9.88 Å². The number of aromatic nitrogens is 1. The third-order valence-corrected chi connectivity index (χ3v) is 3.47. The van der Waals surface area contributed by atoms with Crippen molar-refractivity contribution in [2.75, 3.05) is 19.7 Å². The predicted molar refractivity (Wildman–Crippen MR) is 64.8 cm³/mol. The van der Waals surface area contributed by atoms with Gasteiger partial charge in [0.2, 0.25) is 0 Å². The van der Waals surface area contributed by atoms with Gasteiger partial charge in [-0.15, -0.1) is 0 Å². The van der Waals surface area contributed by atoms with Crippen LogP contribution in [0.5, 0.6) is 0 Å². The lowest BCUT2D eigenvalue weighted by molar-refractivity contribution is 0.0479. The van der Waals surface area contributed by atoms with Gasteiger partial charge in [0.15, 0.2) is 0 Å². The maximum atomic E-state index is 8.92. The van der Waals surface area contributed by atoms with E-state index in [1.807, 2.05) is 13.0 Å². The van der Waals surface area contributed by atoms with Gasteiger partial charge in [-0.3, -0.25) is 4.90 Å². The van der Waals surface area contributed by atoms with E-state index in [0.717, 1.165) is 24.3 Å². The molecule has 3 nitrogen and oxygen atoms in total. The molecule has 0 spiro atoms. The number of likely N-dealkylation sites (tertiary alicyclic amines) is 1. The highest BCUT2D eigenvalue weighted by Crippen LogP contribution is 2.27. The number of aryl methyl sites for hydroxylation is 1. The Morgan fingerprint density at radius 1 is 1.50 bits per heavy atom. The van der Waals surface area contributed by atoms with E-state index in [0.29, 0.717) is 22.6 Å². The summed E-state index contributed by atoms with van der Waals surface area (Å²) in [5.41, 5.74) is 1.71. The fraction of sp³-hybridized carbons (Fsp3) is 0.545. The number of aliphatic hydroxyl groups is 1. The van der Waals surface area contributed by atoms with E-state index in [9.17, 15) is 0 Å². The zero-order valence-corrected chi connectivity index (χ0v) is 10.6. The summed E-state index contributed by atoms with van der Waals surface area (Å²) in [6, 6.07) is 1.83.